The highest BCUT2D eigenvalue weighted by Crippen LogP contribution is 2.14. The van der Waals surface area contributed by atoms with E-state index in [0.717, 1.165) is 5.56 Å². The minimum Gasteiger partial charge on any atom is -0.352 e. The zero-order chi connectivity index (χ0) is 13.7. The molecule has 4 nitrogen and oxygen atoms in total. The van der Waals surface area contributed by atoms with E-state index in [9.17, 15) is 4.79 Å². The first kappa shape index (κ1) is 13.8. The predicted molar refractivity (Wildman–Crippen MR) is 74.5 cm³/mol. The van der Waals surface area contributed by atoms with Gasteiger partial charge in [-0.1, -0.05) is 29.3 Å². The Kier molecular flexibility index (Phi) is 4.71. The maximum atomic E-state index is 11.9. The van der Waals surface area contributed by atoms with Crippen LogP contribution < -0.4 is 5.32 Å². The molecule has 0 atom stereocenters. The quantitative estimate of drug-likeness (QED) is 0.883. The van der Waals surface area contributed by atoms with Crippen LogP contribution in [0.4, 0.5) is 0 Å². The minimum absolute atomic E-state index is 0.199. The van der Waals surface area contributed by atoms with Gasteiger partial charge in [0.2, 0.25) is 0 Å². The van der Waals surface area contributed by atoms with Crippen molar-refractivity contribution in [3.63, 3.8) is 0 Å². The van der Waals surface area contributed by atoms with Crippen molar-refractivity contribution in [1.82, 2.24) is 15.3 Å². The van der Waals surface area contributed by atoms with Gasteiger partial charge in [-0.25, -0.2) is 4.98 Å². The zero-order valence-corrected chi connectivity index (χ0v) is 11.4. The highest BCUT2D eigenvalue weighted by Gasteiger charge is 2.08. The average molecular weight is 296 g/mol. The van der Waals surface area contributed by atoms with Crippen molar-refractivity contribution < 1.29 is 4.79 Å². The normalized spacial score (nSPS) is 10.2. The molecule has 0 aliphatic rings. The number of nitrogens with one attached hydrogen (secondary N) is 1. The molecule has 6 heteroatoms. The van der Waals surface area contributed by atoms with Crippen LogP contribution in [0.2, 0.25) is 10.3 Å². The molecular formula is C13H11Cl2N3O. The highest BCUT2D eigenvalue weighted by atomic mass is 35.5. The van der Waals surface area contributed by atoms with Crippen LogP contribution in [0, 0.1) is 0 Å². The Balaban J connectivity index is 1.91. The van der Waals surface area contributed by atoms with E-state index in [-0.39, 0.29) is 16.2 Å². The van der Waals surface area contributed by atoms with Crippen LogP contribution >= 0.6 is 23.2 Å². The molecule has 1 amide bonds. The Morgan fingerprint density at radius 1 is 1.26 bits per heavy atom. The summed E-state index contributed by atoms with van der Waals surface area (Å²) in [5.74, 6) is -0.227. The molecule has 0 spiro atoms. The molecule has 0 aromatic carbocycles. The van der Waals surface area contributed by atoms with Crippen molar-refractivity contribution in [2.75, 3.05) is 6.54 Å². The predicted octanol–water partition coefficient (Wildman–Crippen LogP) is 2.76. The summed E-state index contributed by atoms with van der Waals surface area (Å²) in [4.78, 5) is 19.7. The molecule has 0 aliphatic heterocycles. The Morgan fingerprint density at radius 2 is 2.00 bits per heavy atom. The lowest BCUT2D eigenvalue weighted by Crippen LogP contribution is -2.25. The monoisotopic (exact) mass is 295 g/mol. The first-order chi connectivity index (χ1) is 9.15. The van der Waals surface area contributed by atoms with Crippen LogP contribution in [0.1, 0.15) is 15.9 Å². The molecule has 0 saturated heterocycles. The third-order valence-corrected chi connectivity index (χ3v) is 2.83. The number of rotatable bonds is 4. The topological polar surface area (TPSA) is 54.9 Å². The van der Waals surface area contributed by atoms with Crippen molar-refractivity contribution in [2.45, 2.75) is 6.42 Å². The zero-order valence-electron chi connectivity index (χ0n) is 9.94. The lowest BCUT2D eigenvalue weighted by atomic mass is 10.2. The molecule has 2 heterocycles. The number of hydrogen-bond donors (Lipinski definition) is 1. The van der Waals surface area contributed by atoms with Gasteiger partial charge in [0.1, 0.15) is 10.3 Å². The van der Waals surface area contributed by atoms with Gasteiger partial charge in [-0.3, -0.25) is 9.78 Å². The molecule has 0 bridgehead atoms. The standard InChI is InChI=1S/C13H11Cl2N3O/c14-11-6-10(7-12(15)18-11)13(19)17-5-3-9-2-1-4-16-8-9/h1-2,4,6-8H,3,5H2,(H,17,19). The fraction of sp³-hybridized carbons (Fsp3) is 0.154. The summed E-state index contributed by atoms with van der Waals surface area (Å²) in [6.45, 7) is 0.516. The van der Waals surface area contributed by atoms with Gasteiger partial charge in [0, 0.05) is 24.5 Å². The van der Waals surface area contributed by atoms with E-state index in [1.165, 1.54) is 12.1 Å². The average Bonchev–Trinajstić information content (AvgIpc) is 2.38. The maximum absolute atomic E-state index is 11.9. The van der Waals surface area contributed by atoms with E-state index in [0.29, 0.717) is 18.5 Å². The number of pyridine rings is 2. The summed E-state index contributed by atoms with van der Waals surface area (Å²) in [6.07, 6.45) is 4.20. The van der Waals surface area contributed by atoms with Crippen molar-refractivity contribution >= 4 is 29.1 Å². The summed E-state index contributed by atoms with van der Waals surface area (Å²) in [7, 11) is 0. The van der Waals surface area contributed by atoms with E-state index in [2.05, 4.69) is 15.3 Å². The van der Waals surface area contributed by atoms with Crippen LogP contribution in [0.3, 0.4) is 0 Å². The Bertz CT molecular complexity index is 555. The minimum atomic E-state index is -0.227. The van der Waals surface area contributed by atoms with Crippen molar-refractivity contribution in [3.05, 3.63) is 58.1 Å². The van der Waals surface area contributed by atoms with Gasteiger partial charge in [0.05, 0.1) is 0 Å². The number of halogens is 2. The molecule has 2 aromatic heterocycles. The lowest BCUT2D eigenvalue weighted by molar-refractivity contribution is 0.0954. The number of carbonyl (C=O) groups is 1. The van der Waals surface area contributed by atoms with Crippen LogP contribution in [-0.4, -0.2) is 22.4 Å². The third kappa shape index (κ3) is 4.19. The smallest absolute Gasteiger partial charge is 0.251 e. The van der Waals surface area contributed by atoms with Crippen molar-refractivity contribution in [2.24, 2.45) is 0 Å². The van der Waals surface area contributed by atoms with Crippen LogP contribution in [0.25, 0.3) is 0 Å². The number of amides is 1. The van der Waals surface area contributed by atoms with E-state index in [1.807, 2.05) is 12.1 Å². The fourth-order valence-electron chi connectivity index (χ4n) is 1.56. The molecule has 98 valence electrons. The number of nitrogens with zero attached hydrogens (tertiary/aromatic N) is 2. The summed E-state index contributed by atoms with van der Waals surface area (Å²) in [5, 5.41) is 3.19. The van der Waals surface area contributed by atoms with E-state index in [4.69, 9.17) is 23.2 Å². The SMILES string of the molecule is O=C(NCCc1cccnc1)c1cc(Cl)nc(Cl)c1. The molecule has 0 aliphatic carbocycles. The number of aromatic nitrogens is 2. The van der Waals surface area contributed by atoms with Crippen molar-refractivity contribution in [3.8, 4) is 0 Å². The van der Waals surface area contributed by atoms with Gasteiger partial charge >= 0.3 is 0 Å². The molecule has 0 fully saturated rings. The van der Waals surface area contributed by atoms with E-state index < -0.39 is 0 Å². The Hall–Kier alpha value is -1.65. The molecule has 1 N–H and O–H groups in total. The van der Waals surface area contributed by atoms with Crippen LogP contribution in [0.15, 0.2) is 36.7 Å². The van der Waals surface area contributed by atoms with Gasteiger partial charge in [-0.15, -0.1) is 0 Å². The highest BCUT2D eigenvalue weighted by molar-refractivity contribution is 6.33. The van der Waals surface area contributed by atoms with Crippen LogP contribution in [-0.2, 0) is 6.42 Å². The van der Waals surface area contributed by atoms with Crippen molar-refractivity contribution in [1.29, 1.82) is 0 Å². The summed E-state index contributed by atoms with van der Waals surface area (Å²) in [6, 6.07) is 6.78. The summed E-state index contributed by atoms with van der Waals surface area (Å²) in [5.41, 5.74) is 1.46. The second-order valence-corrected chi connectivity index (χ2v) is 4.64. The summed E-state index contributed by atoms with van der Waals surface area (Å²) < 4.78 is 0. The second kappa shape index (κ2) is 6.50. The first-order valence-electron chi connectivity index (χ1n) is 5.65. The Morgan fingerprint density at radius 3 is 2.63 bits per heavy atom. The molecule has 0 radical (unpaired) electrons. The fourth-order valence-corrected chi connectivity index (χ4v) is 2.02. The summed E-state index contributed by atoms with van der Waals surface area (Å²) >= 11 is 11.5. The van der Waals surface area contributed by atoms with Gasteiger partial charge in [0.25, 0.3) is 5.91 Å². The third-order valence-electron chi connectivity index (χ3n) is 2.45. The molecule has 19 heavy (non-hydrogen) atoms. The van der Waals surface area contributed by atoms with Gasteiger partial charge < -0.3 is 5.32 Å². The van der Waals surface area contributed by atoms with E-state index >= 15 is 0 Å². The lowest BCUT2D eigenvalue weighted by Gasteiger charge is -2.05. The molecular weight excluding hydrogens is 285 g/mol. The van der Waals surface area contributed by atoms with Gasteiger partial charge in [-0.2, -0.15) is 0 Å². The second-order valence-electron chi connectivity index (χ2n) is 3.87. The molecule has 0 saturated carbocycles. The molecule has 2 aromatic rings. The molecule has 0 unspecified atom stereocenters. The van der Waals surface area contributed by atoms with Crippen LogP contribution in [0.5, 0.6) is 0 Å². The van der Waals surface area contributed by atoms with Gasteiger partial charge in [0.15, 0.2) is 0 Å². The largest absolute Gasteiger partial charge is 0.352 e. The molecule has 2 rings (SSSR count). The Labute approximate surface area is 120 Å². The number of hydrogen-bond acceptors (Lipinski definition) is 3. The van der Waals surface area contributed by atoms with Gasteiger partial charge in [-0.05, 0) is 30.2 Å². The number of carbonyl (C=O) groups excluding carboxylic acids is 1. The first-order valence-corrected chi connectivity index (χ1v) is 6.41. The van der Waals surface area contributed by atoms with E-state index in [1.54, 1.807) is 12.4 Å². The maximum Gasteiger partial charge on any atom is 0.251 e.